The summed E-state index contributed by atoms with van der Waals surface area (Å²) in [4.78, 5) is 0. The molecule has 0 saturated heterocycles. The van der Waals surface area contributed by atoms with E-state index in [-0.39, 0.29) is 27.1 Å². The molecule has 1 rings (SSSR count). The Morgan fingerprint density at radius 2 is 2.00 bits per heavy atom. The van der Waals surface area contributed by atoms with Gasteiger partial charge in [-0.25, -0.2) is 0 Å². The van der Waals surface area contributed by atoms with Crippen molar-refractivity contribution in [3.8, 4) is 0 Å². The summed E-state index contributed by atoms with van der Waals surface area (Å²) in [5.74, 6) is 0. The van der Waals surface area contributed by atoms with Crippen LogP contribution in [0.2, 0.25) is 0 Å². The van der Waals surface area contributed by atoms with Gasteiger partial charge in [0.05, 0.1) is 0 Å². The third-order valence-corrected chi connectivity index (χ3v) is 1.98. The molecule has 0 aliphatic heterocycles. The molecule has 2 atom stereocenters. The minimum atomic E-state index is -1.09. The van der Waals surface area contributed by atoms with E-state index < -0.39 is 5.72 Å². The van der Waals surface area contributed by atoms with E-state index in [1.807, 2.05) is 0 Å². The molecule has 0 bridgehead atoms. The normalized spacial score (nSPS) is 40.5. The molecule has 1 fully saturated rings. The van der Waals surface area contributed by atoms with Crippen molar-refractivity contribution < 1.29 is 26.2 Å². The quantitative estimate of drug-likeness (QED) is 0.528. The van der Waals surface area contributed by atoms with Crippen LogP contribution in [0.3, 0.4) is 0 Å². The van der Waals surface area contributed by atoms with Crippen LogP contribution in [0, 0.1) is 0 Å². The van der Waals surface area contributed by atoms with Crippen molar-refractivity contribution in [1.29, 1.82) is 0 Å². The van der Waals surface area contributed by atoms with E-state index in [1.54, 1.807) is 0 Å². The Kier molecular flexibility index (Phi) is 4.03. The molecule has 0 spiro atoms. The maximum atomic E-state index is 9.30. The molecule has 0 unspecified atom stereocenters. The van der Waals surface area contributed by atoms with Gasteiger partial charge >= 0.3 is 0 Å². The zero-order chi connectivity index (χ0) is 6.91. The minimum absolute atomic E-state index is 0. The van der Waals surface area contributed by atoms with Crippen molar-refractivity contribution in [3.05, 3.63) is 0 Å². The van der Waals surface area contributed by atoms with Gasteiger partial charge in [-0.3, -0.25) is 0 Å². The zero-order valence-corrected chi connectivity index (χ0v) is 8.10. The second-order valence-electron chi connectivity index (χ2n) is 2.84. The number of hydrogen-bond donors (Lipinski definition) is 3. The Morgan fingerprint density at radius 1 is 1.40 bits per heavy atom. The van der Waals surface area contributed by atoms with Gasteiger partial charge in [0.15, 0.2) is 0 Å². The standard InChI is InChI=1S/C6H14N2O.Pt/c7-5-3-1-2-4-6(5,8)9;/h5,9H,1-4,7-8H2;/t5-,6+;/m0./s1. The molecule has 0 aromatic carbocycles. The smallest absolute Gasteiger partial charge is 0.128 e. The summed E-state index contributed by atoms with van der Waals surface area (Å²) in [5, 5.41) is 9.30. The van der Waals surface area contributed by atoms with Gasteiger partial charge < -0.3 is 16.6 Å². The molecule has 3 nitrogen and oxygen atoms in total. The SMILES string of the molecule is N[C@H]1CCCC[C@@]1(N)O.[Pt]. The van der Waals surface area contributed by atoms with Crippen LogP contribution in [0.1, 0.15) is 25.7 Å². The number of aliphatic hydroxyl groups is 1. The van der Waals surface area contributed by atoms with Crippen molar-refractivity contribution in [2.24, 2.45) is 11.5 Å². The molecule has 4 heteroatoms. The molecule has 1 aliphatic carbocycles. The van der Waals surface area contributed by atoms with Gasteiger partial charge in [-0.05, 0) is 19.3 Å². The summed E-state index contributed by atoms with van der Waals surface area (Å²) in [6, 6.07) is -0.216. The van der Waals surface area contributed by atoms with Crippen molar-refractivity contribution in [2.75, 3.05) is 0 Å². The summed E-state index contributed by atoms with van der Waals surface area (Å²) < 4.78 is 0. The predicted octanol–water partition coefficient (Wildman–Crippen LogP) is -0.467. The first-order chi connectivity index (χ1) is 4.13. The molecule has 0 radical (unpaired) electrons. The Hall–Kier alpha value is 0.568. The fraction of sp³-hybridized carbons (Fsp3) is 1.00. The fourth-order valence-corrected chi connectivity index (χ4v) is 1.21. The Morgan fingerprint density at radius 3 is 2.30 bits per heavy atom. The van der Waals surface area contributed by atoms with Crippen LogP contribution in [0.25, 0.3) is 0 Å². The van der Waals surface area contributed by atoms with Crippen LogP contribution in [0.5, 0.6) is 0 Å². The van der Waals surface area contributed by atoms with E-state index in [0.29, 0.717) is 6.42 Å². The molecule has 0 aromatic heterocycles. The van der Waals surface area contributed by atoms with Crippen LogP contribution < -0.4 is 11.5 Å². The second kappa shape index (κ2) is 3.82. The molecule has 64 valence electrons. The van der Waals surface area contributed by atoms with Crippen molar-refractivity contribution in [3.63, 3.8) is 0 Å². The molecule has 0 aromatic rings. The molecule has 10 heavy (non-hydrogen) atoms. The Bertz CT molecular complexity index is 108. The summed E-state index contributed by atoms with van der Waals surface area (Å²) in [6.45, 7) is 0. The van der Waals surface area contributed by atoms with Crippen LogP contribution in [-0.4, -0.2) is 16.9 Å². The van der Waals surface area contributed by atoms with E-state index in [9.17, 15) is 5.11 Å². The molecular weight excluding hydrogens is 311 g/mol. The van der Waals surface area contributed by atoms with E-state index in [0.717, 1.165) is 19.3 Å². The molecular formula is C6H14N2OPt. The van der Waals surface area contributed by atoms with E-state index in [4.69, 9.17) is 11.5 Å². The van der Waals surface area contributed by atoms with Crippen LogP contribution in [-0.2, 0) is 21.1 Å². The maximum Gasteiger partial charge on any atom is 0.128 e. The van der Waals surface area contributed by atoms with Crippen molar-refractivity contribution in [2.45, 2.75) is 37.5 Å². The molecule has 1 saturated carbocycles. The van der Waals surface area contributed by atoms with Gasteiger partial charge in [0.1, 0.15) is 5.72 Å². The van der Waals surface area contributed by atoms with Gasteiger partial charge in [0.2, 0.25) is 0 Å². The Labute approximate surface area is 75.4 Å². The summed E-state index contributed by atoms with van der Waals surface area (Å²) in [5.41, 5.74) is 9.90. The van der Waals surface area contributed by atoms with Crippen molar-refractivity contribution in [1.82, 2.24) is 0 Å². The first-order valence-corrected chi connectivity index (χ1v) is 3.40. The fourth-order valence-electron chi connectivity index (χ4n) is 1.21. The average Bonchev–Trinajstić information content (AvgIpc) is 1.77. The van der Waals surface area contributed by atoms with Crippen LogP contribution in [0.4, 0.5) is 0 Å². The van der Waals surface area contributed by atoms with Gasteiger partial charge in [-0.1, -0.05) is 6.42 Å². The summed E-state index contributed by atoms with van der Waals surface area (Å²) in [6.07, 6.45) is 3.60. The van der Waals surface area contributed by atoms with Crippen LogP contribution in [0.15, 0.2) is 0 Å². The van der Waals surface area contributed by atoms with Gasteiger partial charge in [0.25, 0.3) is 0 Å². The molecule has 0 amide bonds. The predicted molar refractivity (Wildman–Crippen MR) is 35.6 cm³/mol. The Balaban J connectivity index is 0.000000810. The first kappa shape index (κ1) is 10.6. The third kappa shape index (κ3) is 2.31. The van der Waals surface area contributed by atoms with Gasteiger partial charge in [-0.15, -0.1) is 0 Å². The summed E-state index contributed by atoms with van der Waals surface area (Å²) in [7, 11) is 0. The average molecular weight is 325 g/mol. The minimum Gasteiger partial charge on any atom is -0.374 e. The van der Waals surface area contributed by atoms with E-state index in [1.165, 1.54) is 0 Å². The van der Waals surface area contributed by atoms with E-state index in [2.05, 4.69) is 0 Å². The number of nitrogens with two attached hydrogens (primary N) is 2. The largest absolute Gasteiger partial charge is 0.374 e. The van der Waals surface area contributed by atoms with Gasteiger partial charge in [-0.2, -0.15) is 0 Å². The maximum absolute atomic E-state index is 9.30. The molecule has 1 aliphatic rings. The summed E-state index contributed by atoms with van der Waals surface area (Å²) >= 11 is 0. The van der Waals surface area contributed by atoms with Crippen LogP contribution >= 0.6 is 0 Å². The third-order valence-electron chi connectivity index (χ3n) is 1.98. The monoisotopic (exact) mass is 325 g/mol. The second-order valence-corrected chi connectivity index (χ2v) is 2.84. The van der Waals surface area contributed by atoms with Crippen molar-refractivity contribution >= 4 is 0 Å². The number of hydrogen-bond acceptors (Lipinski definition) is 3. The topological polar surface area (TPSA) is 72.3 Å². The molecule has 5 N–H and O–H groups in total. The zero-order valence-electron chi connectivity index (χ0n) is 5.82. The molecule has 0 heterocycles. The first-order valence-electron chi connectivity index (χ1n) is 3.40. The number of rotatable bonds is 0. The van der Waals surface area contributed by atoms with E-state index >= 15 is 0 Å². The van der Waals surface area contributed by atoms with Gasteiger partial charge in [0, 0.05) is 27.1 Å².